The molecule has 2 fully saturated rings. The molecule has 1 heterocycles. The first kappa shape index (κ1) is 18.5. The Kier molecular flexibility index (Phi) is 6.32. The summed E-state index contributed by atoms with van der Waals surface area (Å²) in [6.07, 6.45) is 7.24. The molecule has 23 heavy (non-hydrogen) atoms. The van der Waals surface area contributed by atoms with Crippen LogP contribution in [0.5, 0.6) is 0 Å². The van der Waals surface area contributed by atoms with Crippen LogP contribution in [0.25, 0.3) is 0 Å². The van der Waals surface area contributed by atoms with Crippen molar-refractivity contribution in [3.8, 4) is 0 Å². The molecule has 1 saturated heterocycles. The van der Waals surface area contributed by atoms with Gasteiger partial charge in [0.2, 0.25) is 0 Å². The van der Waals surface area contributed by atoms with E-state index in [4.69, 9.17) is 9.47 Å². The van der Waals surface area contributed by atoms with Crippen molar-refractivity contribution in [2.24, 2.45) is 0 Å². The maximum atomic E-state index is 12.1. The van der Waals surface area contributed by atoms with E-state index in [1.165, 1.54) is 12.8 Å². The minimum Gasteiger partial charge on any atom is -0.444 e. The maximum Gasteiger partial charge on any atom is 0.410 e. The smallest absolute Gasteiger partial charge is 0.410 e. The van der Waals surface area contributed by atoms with Crippen molar-refractivity contribution in [1.29, 1.82) is 0 Å². The standard InChI is InChI=1S/C18H34N2O3/c1-13-6-11-16(22-13)12-19-14-7-9-15(10-8-14)20(5)17(21)23-18(2,3)4/h13-16,19H,6-12H2,1-5H3. The first-order valence-corrected chi connectivity index (χ1v) is 9.09. The van der Waals surface area contributed by atoms with Gasteiger partial charge in [0.05, 0.1) is 12.2 Å². The van der Waals surface area contributed by atoms with Gasteiger partial charge in [-0.15, -0.1) is 0 Å². The van der Waals surface area contributed by atoms with Gasteiger partial charge in [-0.05, 0) is 66.2 Å². The molecule has 0 aromatic heterocycles. The van der Waals surface area contributed by atoms with Gasteiger partial charge in [0.15, 0.2) is 0 Å². The highest BCUT2D eigenvalue weighted by Gasteiger charge is 2.30. The first-order chi connectivity index (χ1) is 10.7. The van der Waals surface area contributed by atoms with E-state index >= 15 is 0 Å². The third-order valence-corrected chi connectivity index (χ3v) is 4.88. The predicted molar refractivity (Wildman–Crippen MR) is 91.6 cm³/mol. The van der Waals surface area contributed by atoms with Gasteiger partial charge >= 0.3 is 6.09 Å². The number of amides is 1. The van der Waals surface area contributed by atoms with Crippen LogP contribution in [0.1, 0.15) is 66.2 Å². The van der Waals surface area contributed by atoms with Crippen molar-refractivity contribution < 1.29 is 14.3 Å². The number of nitrogens with zero attached hydrogens (tertiary/aromatic N) is 1. The van der Waals surface area contributed by atoms with Gasteiger partial charge in [0, 0.05) is 25.7 Å². The van der Waals surface area contributed by atoms with Crippen molar-refractivity contribution in [2.45, 2.75) is 96.1 Å². The number of nitrogens with one attached hydrogen (secondary N) is 1. The van der Waals surface area contributed by atoms with E-state index in [0.29, 0.717) is 24.3 Å². The average molecular weight is 326 g/mol. The zero-order valence-corrected chi connectivity index (χ0v) is 15.4. The predicted octanol–water partition coefficient (Wildman–Crippen LogP) is 3.32. The third kappa shape index (κ3) is 5.96. The molecule has 2 unspecified atom stereocenters. The van der Waals surface area contributed by atoms with Crippen LogP contribution < -0.4 is 5.32 Å². The Labute approximate surface area is 141 Å². The minimum atomic E-state index is -0.428. The molecule has 1 saturated carbocycles. The Morgan fingerprint density at radius 3 is 2.35 bits per heavy atom. The van der Waals surface area contributed by atoms with Crippen LogP contribution in [-0.4, -0.2) is 54.5 Å². The van der Waals surface area contributed by atoms with E-state index in [0.717, 1.165) is 32.2 Å². The molecule has 5 nitrogen and oxygen atoms in total. The molecule has 0 bridgehead atoms. The zero-order valence-electron chi connectivity index (χ0n) is 15.4. The Balaban J connectivity index is 1.68. The summed E-state index contributed by atoms with van der Waals surface area (Å²) in [5, 5.41) is 3.65. The second-order valence-corrected chi connectivity index (χ2v) is 8.15. The Hall–Kier alpha value is -0.810. The van der Waals surface area contributed by atoms with Crippen LogP contribution in [-0.2, 0) is 9.47 Å². The van der Waals surface area contributed by atoms with Crippen LogP contribution in [0.3, 0.4) is 0 Å². The Morgan fingerprint density at radius 1 is 1.17 bits per heavy atom. The fraction of sp³-hybridized carbons (Fsp3) is 0.944. The maximum absolute atomic E-state index is 12.1. The van der Waals surface area contributed by atoms with E-state index in [1.54, 1.807) is 4.90 Å². The molecule has 5 heteroatoms. The number of ether oxygens (including phenoxy) is 2. The molecule has 1 aliphatic heterocycles. The van der Waals surface area contributed by atoms with Crippen molar-refractivity contribution in [2.75, 3.05) is 13.6 Å². The normalized spacial score (nSPS) is 31.9. The molecule has 1 N–H and O–H groups in total. The summed E-state index contributed by atoms with van der Waals surface area (Å²) in [5.41, 5.74) is -0.428. The van der Waals surface area contributed by atoms with Crippen molar-refractivity contribution in [1.82, 2.24) is 10.2 Å². The second kappa shape index (κ2) is 7.84. The average Bonchev–Trinajstić information content (AvgIpc) is 2.89. The van der Waals surface area contributed by atoms with E-state index in [2.05, 4.69) is 12.2 Å². The summed E-state index contributed by atoms with van der Waals surface area (Å²) in [6, 6.07) is 0.850. The highest BCUT2D eigenvalue weighted by atomic mass is 16.6. The quantitative estimate of drug-likeness (QED) is 0.861. The van der Waals surface area contributed by atoms with Gasteiger partial charge in [-0.1, -0.05) is 0 Å². The SMILES string of the molecule is CC1CCC(CNC2CCC(N(C)C(=O)OC(C)(C)C)CC2)O1. The van der Waals surface area contributed by atoms with Crippen LogP contribution in [0, 0.1) is 0 Å². The van der Waals surface area contributed by atoms with Crippen LogP contribution >= 0.6 is 0 Å². The molecule has 1 aliphatic carbocycles. The van der Waals surface area contributed by atoms with Gasteiger partial charge in [0.1, 0.15) is 5.60 Å². The molecule has 134 valence electrons. The monoisotopic (exact) mass is 326 g/mol. The number of carbonyl (C=O) groups excluding carboxylic acids is 1. The number of hydrogen-bond acceptors (Lipinski definition) is 4. The second-order valence-electron chi connectivity index (χ2n) is 8.15. The molecule has 1 amide bonds. The van der Waals surface area contributed by atoms with E-state index in [-0.39, 0.29) is 6.09 Å². The molecule has 0 aromatic carbocycles. The number of rotatable bonds is 4. The fourth-order valence-electron chi connectivity index (χ4n) is 3.48. The summed E-state index contributed by atoms with van der Waals surface area (Å²) in [6.45, 7) is 8.84. The molecule has 2 rings (SSSR count). The van der Waals surface area contributed by atoms with Gasteiger partial charge in [-0.25, -0.2) is 4.79 Å². The molecule has 2 atom stereocenters. The number of hydrogen-bond donors (Lipinski definition) is 1. The molecule has 2 aliphatic rings. The van der Waals surface area contributed by atoms with Crippen molar-refractivity contribution >= 4 is 6.09 Å². The molecule has 0 aromatic rings. The van der Waals surface area contributed by atoms with Crippen molar-refractivity contribution in [3.05, 3.63) is 0 Å². The van der Waals surface area contributed by atoms with Gasteiger partial charge < -0.3 is 19.7 Å². The van der Waals surface area contributed by atoms with Gasteiger partial charge in [-0.3, -0.25) is 0 Å². The number of carbonyl (C=O) groups is 1. The Bertz CT molecular complexity index is 386. The van der Waals surface area contributed by atoms with E-state index in [9.17, 15) is 4.79 Å². The highest BCUT2D eigenvalue weighted by molar-refractivity contribution is 5.68. The topological polar surface area (TPSA) is 50.8 Å². The minimum absolute atomic E-state index is 0.206. The largest absolute Gasteiger partial charge is 0.444 e. The molecular weight excluding hydrogens is 292 g/mol. The Morgan fingerprint density at radius 2 is 1.83 bits per heavy atom. The van der Waals surface area contributed by atoms with Crippen LogP contribution in [0.15, 0.2) is 0 Å². The van der Waals surface area contributed by atoms with Crippen LogP contribution in [0.2, 0.25) is 0 Å². The third-order valence-electron chi connectivity index (χ3n) is 4.88. The molecule has 0 spiro atoms. The summed E-state index contributed by atoms with van der Waals surface area (Å²) in [5.74, 6) is 0. The lowest BCUT2D eigenvalue weighted by Gasteiger charge is -2.36. The van der Waals surface area contributed by atoms with Gasteiger partial charge in [-0.2, -0.15) is 0 Å². The van der Waals surface area contributed by atoms with Crippen molar-refractivity contribution in [3.63, 3.8) is 0 Å². The molecule has 0 radical (unpaired) electrons. The first-order valence-electron chi connectivity index (χ1n) is 9.09. The molecular formula is C18H34N2O3. The zero-order chi connectivity index (χ0) is 17.0. The lowest BCUT2D eigenvalue weighted by atomic mass is 9.90. The lowest BCUT2D eigenvalue weighted by molar-refractivity contribution is 0.0175. The summed E-state index contributed by atoms with van der Waals surface area (Å²) in [7, 11) is 1.86. The van der Waals surface area contributed by atoms with Crippen LogP contribution in [0.4, 0.5) is 4.79 Å². The van der Waals surface area contributed by atoms with E-state index < -0.39 is 5.60 Å². The lowest BCUT2D eigenvalue weighted by Crippen LogP contribution is -2.45. The fourth-order valence-corrected chi connectivity index (χ4v) is 3.48. The summed E-state index contributed by atoms with van der Waals surface area (Å²) >= 11 is 0. The van der Waals surface area contributed by atoms with E-state index in [1.807, 2.05) is 27.8 Å². The van der Waals surface area contributed by atoms with Gasteiger partial charge in [0.25, 0.3) is 0 Å². The summed E-state index contributed by atoms with van der Waals surface area (Å²) in [4.78, 5) is 13.9. The highest BCUT2D eigenvalue weighted by Crippen LogP contribution is 2.25. The summed E-state index contributed by atoms with van der Waals surface area (Å²) < 4.78 is 11.3.